The molecule has 0 heteroatoms. The first-order valence-corrected chi connectivity index (χ1v) is 6.41. The van der Waals surface area contributed by atoms with Crippen molar-refractivity contribution in [3.05, 3.63) is 59.8 Å². The van der Waals surface area contributed by atoms with Crippen LogP contribution in [0.1, 0.15) is 41.0 Å². The lowest BCUT2D eigenvalue weighted by molar-refractivity contribution is 0.668. The summed E-state index contributed by atoms with van der Waals surface area (Å²) in [7, 11) is 0. The fraction of sp³-hybridized carbons (Fsp3) is 0.412. The Kier molecular flexibility index (Phi) is 7.29. The first-order valence-electron chi connectivity index (χ1n) is 6.41. The SMILES string of the molecule is C=C(C)/C=C\C(=C)C1=CC=C(C)C(C)C1.CC. The summed E-state index contributed by atoms with van der Waals surface area (Å²) in [5, 5.41) is 0. The molecule has 94 valence electrons. The Bertz CT molecular complexity index is 361. The molecule has 0 amide bonds. The molecule has 0 aliphatic heterocycles. The molecule has 0 saturated heterocycles. The van der Waals surface area contributed by atoms with E-state index in [4.69, 9.17) is 0 Å². The van der Waals surface area contributed by atoms with Crippen LogP contribution in [0, 0.1) is 5.92 Å². The molecule has 1 aliphatic carbocycles. The van der Waals surface area contributed by atoms with E-state index in [-0.39, 0.29) is 0 Å². The molecule has 0 fully saturated rings. The largest absolute Gasteiger partial charge is 0.0961 e. The summed E-state index contributed by atoms with van der Waals surface area (Å²) >= 11 is 0. The van der Waals surface area contributed by atoms with E-state index in [0.29, 0.717) is 5.92 Å². The summed E-state index contributed by atoms with van der Waals surface area (Å²) in [5.74, 6) is 0.639. The van der Waals surface area contributed by atoms with Crippen LogP contribution in [0.25, 0.3) is 0 Å². The van der Waals surface area contributed by atoms with Gasteiger partial charge in [-0.1, -0.05) is 69.4 Å². The van der Waals surface area contributed by atoms with Gasteiger partial charge in [0.15, 0.2) is 0 Å². The second kappa shape index (κ2) is 7.89. The van der Waals surface area contributed by atoms with Gasteiger partial charge in [0.1, 0.15) is 0 Å². The van der Waals surface area contributed by atoms with Crippen LogP contribution in [-0.2, 0) is 0 Å². The van der Waals surface area contributed by atoms with Gasteiger partial charge in [-0.25, -0.2) is 0 Å². The highest BCUT2D eigenvalue weighted by molar-refractivity contribution is 5.44. The Labute approximate surface area is 107 Å². The highest BCUT2D eigenvalue weighted by Crippen LogP contribution is 2.28. The van der Waals surface area contributed by atoms with Crippen molar-refractivity contribution in [1.82, 2.24) is 0 Å². The molecule has 17 heavy (non-hydrogen) atoms. The predicted octanol–water partition coefficient (Wildman–Crippen LogP) is 5.61. The maximum Gasteiger partial charge on any atom is -0.0191 e. The van der Waals surface area contributed by atoms with Gasteiger partial charge in [0.2, 0.25) is 0 Å². The molecule has 0 aromatic carbocycles. The van der Waals surface area contributed by atoms with Gasteiger partial charge in [-0.05, 0) is 37.3 Å². The van der Waals surface area contributed by atoms with Crippen LogP contribution < -0.4 is 0 Å². The van der Waals surface area contributed by atoms with Crippen LogP contribution in [0.5, 0.6) is 0 Å². The topological polar surface area (TPSA) is 0 Å². The summed E-state index contributed by atoms with van der Waals surface area (Å²) in [5.41, 5.74) is 4.96. The maximum atomic E-state index is 4.08. The highest BCUT2D eigenvalue weighted by atomic mass is 14.2. The third-order valence-corrected chi connectivity index (χ3v) is 2.83. The molecule has 0 radical (unpaired) electrons. The van der Waals surface area contributed by atoms with E-state index in [9.17, 15) is 0 Å². The van der Waals surface area contributed by atoms with E-state index in [2.05, 4.69) is 45.2 Å². The molecule has 0 aromatic heterocycles. The summed E-state index contributed by atoms with van der Waals surface area (Å²) < 4.78 is 0. The maximum absolute atomic E-state index is 4.08. The van der Waals surface area contributed by atoms with Crippen molar-refractivity contribution >= 4 is 0 Å². The zero-order valence-corrected chi connectivity index (χ0v) is 12.0. The Morgan fingerprint density at radius 2 is 1.82 bits per heavy atom. The Morgan fingerprint density at radius 1 is 1.24 bits per heavy atom. The molecule has 1 atom stereocenters. The summed E-state index contributed by atoms with van der Waals surface area (Å²) in [6.45, 7) is 18.4. The van der Waals surface area contributed by atoms with Crippen molar-refractivity contribution in [2.45, 2.75) is 41.0 Å². The highest BCUT2D eigenvalue weighted by Gasteiger charge is 2.12. The normalized spacial score (nSPS) is 19.0. The summed E-state index contributed by atoms with van der Waals surface area (Å²) in [6.07, 6.45) is 9.54. The molecule has 0 N–H and O–H groups in total. The monoisotopic (exact) mass is 230 g/mol. The fourth-order valence-electron chi connectivity index (χ4n) is 1.54. The molecule has 0 heterocycles. The predicted molar refractivity (Wildman–Crippen MR) is 80.1 cm³/mol. The third kappa shape index (κ3) is 5.53. The second-order valence-electron chi connectivity index (χ2n) is 4.41. The number of rotatable bonds is 3. The van der Waals surface area contributed by atoms with Crippen LogP contribution in [0.15, 0.2) is 59.8 Å². The standard InChI is InChI=1S/C15H20.C2H6/c1-11(2)6-7-13(4)15-9-8-12(3)14(5)10-15;1-2/h6-9,14H,1,4,10H2,2-3,5H3;1-2H3/b7-6-;. The minimum absolute atomic E-state index is 0.639. The van der Waals surface area contributed by atoms with Crippen molar-refractivity contribution in [3.8, 4) is 0 Å². The second-order valence-corrected chi connectivity index (χ2v) is 4.41. The molecule has 0 bridgehead atoms. The van der Waals surface area contributed by atoms with Gasteiger partial charge in [0, 0.05) is 0 Å². The average Bonchev–Trinajstić information content (AvgIpc) is 2.32. The molecule has 0 aromatic rings. The van der Waals surface area contributed by atoms with Crippen LogP contribution >= 0.6 is 0 Å². The van der Waals surface area contributed by atoms with E-state index >= 15 is 0 Å². The lowest BCUT2D eigenvalue weighted by atomic mass is 9.86. The molecule has 0 spiro atoms. The van der Waals surface area contributed by atoms with Crippen LogP contribution in [0.3, 0.4) is 0 Å². The minimum Gasteiger partial charge on any atom is -0.0961 e. The van der Waals surface area contributed by atoms with Crippen molar-refractivity contribution in [2.75, 3.05) is 0 Å². The zero-order valence-electron chi connectivity index (χ0n) is 12.0. The molecule has 0 nitrogen and oxygen atoms in total. The fourth-order valence-corrected chi connectivity index (χ4v) is 1.54. The minimum atomic E-state index is 0.639. The lowest BCUT2D eigenvalue weighted by Crippen LogP contribution is -2.03. The van der Waals surface area contributed by atoms with Crippen molar-refractivity contribution in [1.29, 1.82) is 0 Å². The Hall–Kier alpha value is -1.30. The number of hydrogen-bond donors (Lipinski definition) is 0. The van der Waals surface area contributed by atoms with Gasteiger partial charge in [-0.15, -0.1) is 0 Å². The van der Waals surface area contributed by atoms with Gasteiger partial charge < -0.3 is 0 Å². The van der Waals surface area contributed by atoms with Gasteiger partial charge >= 0.3 is 0 Å². The number of hydrogen-bond acceptors (Lipinski definition) is 0. The van der Waals surface area contributed by atoms with Crippen LogP contribution in [0.2, 0.25) is 0 Å². The van der Waals surface area contributed by atoms with Gasteiger partial charge in [0.05, 0.1) is 0 Å². The van der Waals surface area contributed by atoms with E-state index in [1.54, 1.807) is 0 Å². The van der Waals surface area contributed by atoms with Crippen molar-refractivity contribution in [3.63, 3.8) is 0 Å². The molecule has 0 saturated carbocycles. The van der Waals surface area contributed by atoms with Crippen LogP contribution in [0.4, 0.5) is 0 Å². The zero-order chi connectivity index (χ0) is 13.4. The van der Waals surface area contributed by atoms with E-state index < -0.39 is 0 Å². The molecular formula is C17H26. The van der Waals surface area contributed by atoms with Gasteiger partial charge in [-0.2, -0.15) is 0 Å². The molecular weight excluding hydrogens is 204 g/mol. The lowest BCUT2D eigenvalue weighted by Gasteiger charge is -2.19. The van der Waals surface area contributed by atoms with E-state index in [1.165, 1.54) is 11.1 Å². The third-order valence-electron chi connectivity index (χ3n) is 2.83. The average molecular weight is 230 g/mol. The summed E-state index contributed by atoms with van der Waals surface area (Å²) in [4.78, 5) is 0. The quantitative estimate of drug-likeness (QED) is 0.552. The smallest absolute Gasteiger partial charge is 0.0191 e. The first kappa shape index (κ1) is 15.7. The van der Waals surface area contributed by atoms with Crippen LogP contribution in [-0.4, -0.2) is 0 Å². The van der Waals surface area contributed by atoms with Gasteiger partial charge in [0.25, 0.3) is 0 Å². The Balaban J connectivity index is 0.00000121. The molecule has 1 rings (SSSR count). The summed E-state index contributed by atoms with van der Waals surface area (Å²) in [6, 6.07) is 0. The van der Waals surface area contributed by atoms with Crippen molar-refractivity contribution < 1.29 is 0 Å². The van der Waals surface area contributed by atoms with Crippen molar-refractivity contribution in [2.24, 2.45) is 5.92 Å². The van der Waals surface area contributed by atoms with Gasteiger partial charge in [-0.3, -0.25) is 0 Å². The van der Waals surface area contributed by atoms with E-state index in [0.717, 1.165) is 17.6 Å². The first-order chi connectivity index (χ1) is 8.00. The Morgan fingerprint density at radius 3 is 2.29 bits per heavy atom. The molecule has 1 unspecified atom stereocenters. The number of allylic oxidation sites excluding steroid dienone is 8. The van der Waals surface area contributed by atoms with E-state index in [1.807, 2.05) is 26.8 Å². The molecule has 1 aliphatic rings.